The predicted molar refractivity (Wildman–Crippen MR) is 133 cm³/mol. The lowest BCUT2D eigenvalue weighted by atomic mass is 9.93. The molecule has 3 heterocycles. The van der Waals surface area contributed by atoms with E-state index in [2.05, 4.69) is 26.1 Å². The molecule has 1 aliphatic rings. The third kappa shape index (κ3) is 6.89. The Bertz CT molecular complexity index is 1160. The fourth-order valence-corrected chi connectivity index (χ4v) is 3.67. The zero-order valence-corrected chi connectivity index (χ0v) is 20.3. The lowest BCUT2D eigenvalue weighted by Crippen LogP contribution is -2.34. The predicted octanol–water partition coefficient (Wildman–Crippen LogP) is 4.57. The van der Waals surface area contributed by atoms with Gasteiger partial charge in [0.2, 0.25) is 5.88 Å². The van der Waals surface area contributed by atoms with Gasteiger partial charge in [-0.05, 0) is 49.7 Å². The van der Waals surface area contributed by atoms with Crippen molar-refractivity contribution in [3.05, 3.63) is 65.5 Å². The van der Waals surface area contributed by atoms with Crippen molar-refractivity contribution in [2.24, 2.45) is 0 Å². The molecule has 0 aliphatic carbocycles. The Balaban J connectivity index is 1.30. The van der Waals surface area contributed by atoms with Crippen molar-refractivity contribution in [3.8, 4) is 5.88 Å². The number of ketones is 1. The Kier molecular flexibility index (Phi) is 7.45. The first kappa shape index (κ1) is 24.4. The molecule has 3 aromatic rings. The van der Waals surface area contributed by atoms with Gasteiger partial charge in [-0.1, -0.05) is 44.1 Å². The third-order valence-electron chi connectivity index (χ3n) is 5.65. The molecule has 0 unspecified atom stereocenters. The van der Waals surface area contributed by atoms with E-state index in [1.165, 1.54) is 0 Å². The van der Waals surface area contributed by atoms with Gasteiger partial charge in [0, 0.05) is 29.7 Å². The number of Topliss-reactive ketones (excluding diaryl/α,β-unsaturated/α-hetero) is 1. The summed E-state index contributed by atoms with van der Waals surface area (Å²) in [5.74, 6) is 1.41. The number of rotatable bonds is 7. The molecule has 0 bridgehead atoms. The molecular formula is C26H31N5O4. The van der Waals surface area contributed by atoms with Crippen LogP contribution in [0.2, 0.25) is 0 Å². The van der Waals surface area contributed by atoms with Crippen LogP contribution in [0.3, 0.4) is 0 Å². The number of carbonyl (C=O) groups is 2. The van der Waals surface area contributed by atoms with Crippen LogP contribution < -0.4 is 20.7 Å². The molecule has 2 amide bonds. The van der Waals surface area contributed by atoms with Crippen LogP contribution in [-0.4, -0.2) is 41.1 Å². The van der Waals surface area contributed by atoms with Gasteiger partial charge >= 0.3 is 6.03 Å². The molecule has 2 aromatic heterocycles. The Hall–Kier alpha value is -3.72. The Labute approximate surface area is 204 Å². The summed E-state index contributed by atoms with van der Waals surface area (Å²) in [6.45, 7) is 7.85. The molecule has 184 valence electrons. The van der Waals surface area contributed by atoms with Crippen LogP contribution in [0.15, 0.2) is 53.1 Å². The molecule has 0 saturated carbocycles. The van der Waals surface area contributed by atoms with Crippen molar-refractivity contribution in [2.45, 2.75) is 51.6 Å². The molecule has 3 N–H and O–H groups in total. The van der Waals surface area contributed by atoms with Gasteiger partial charge in [-0.15, -0.1) is 0 Å². The molecule has 0 atom stereocenters. The SMILES string of the molecule is CC(C)(C)c1cc(NC(=O)Nc2ccc(CC(=O)c3cccc(OC4CCNCC4)n3)cc2)no1. The maximum atomic E-state index is 12.8. The quantitative estimate of drug-likeness (QED) is 0.427. The van der Waals surface area contributed by atoms with Crippen LogP contribution in [0.5, 0.6) is 5.88 Å². The number of ether oxygens (including phenoxy) is 1. The normalized spacial score (nSPS) is 14.4. The number of hydrogen-bond acceptors (Lipinski definition) is 7. The summed E-state index contributed by atoms with van der Waals surface area (Å²) < 4.78 is 11.2. The first-order chi connectivity index (χ1) is 16.8. The number of urea groups is 1. The molecule has 0 radical (unpaired) electrons. The van der Waals surface area contributed by atoms with E-state index < -0.39 is 6.03 Å². The second kappa shape index (κ2) is 10.7. The minimum atomic E-state index is -0.433. The van der Waals surface area contributed by atoms with Crippen LogP contribution in [0.1, 0.15) is 55.4 Å². The second-order valence-electron chi connectivity index (χ2n) is 9.63. The van der Waals surface area contributed by atoms with Crippen LogP contribution >= 0.6 is 0 Å². The van der Waals surface area contributed by atoms with E-state index in [9.17, 15) is 9.59 Å². The molecule has 1 fully saturated rings. The van der Waals surface area contributed by atoms with E-state index in [4.69, 9.17) is 9.26 Å². The van der Waals surface area contributed by atoms with Crippen molar-refractivity contribution in [1.82, 2.24) is 15.5 Å². The van der Waals surface area contributed by atoms with E-state index in [0.29, 0.717) is 28.8 Å². The van der Waals surface area contributed by atoms with Gasteiger partial charge in [0.05, 0.1) is 0 Å². The Morgan fingerprint density at radius 2 is 1.83 bits per heavy atom. The van der Waals surface area contributed by atoms with E-state index in [-0.39, 0.29) is 23.7 Å². The Morgan fingerprint density at radius 3 is 2.51 bits per heavy atom. The van der Waals surface area contributed by atoms with Crippen molar-refractivity contribution < 1.29 is 18.8 Å². The highest BCUT2D eigenvalue weighted by molar-refractivity contribution is 5.99. The number of aromatic nitrogens is 2. The maximum Gasteiger partial charge on any atom is 0.324 e. The highest BCUT2D eigenvalue weighted by Gasteiger charge is 2.20. The smallest absolute Gasteiger partial charge is 0.324 e. The van der Waals surface area contributed by atoms with Gasteiger partial charge in [-0.3, -0.25) is 10.1 Å². The fourth-order valence-electron chi connectivity index (χ4n) is 3.67. The number of piperidine rings is 1. The highest BCUT2D eigenvalue weighted by atomic mass is 16.5. The van der Waals surface area contributed by atoms with Gasteiger partial charge in [-0.2, -0.15) is 0 Å². The van der Waals surface area contributed by atoms with Crippen molar-refractivity contribution >= 4 is 23.3 Å². The van der Waals surface area contributed by atoms with Crippen LogP contribution in [0.4, 0.5) is 16.3 Å². The molecule has 4 rings (SSSR count). The van der Waals surface area contributed by atoms with Crippen LogP contribution in [-0.2, 0) is 11.8 Å². The molecule has 35 heavy (non-hydrogen) atoms. The lowest BCUT2D eigenvalue weighted by molar-refractivity contribution is 0.0984. The zero-order valence-electron chi connectivity index (χ0n) is 20.3. The molecule has 1 aromatic carbocycles. The van der Waals surface area contributed by atoms with Gasteiger partial charge < -0.3 is 19.9 Å². The van der Waals surface area contributed by atoms with E-state index in [1.54, 1.807) is 48.5 Å². The lowest BCUT2D eigenvalue weighted by Gasteiger charge is -2.23. The molecule has 9 nitrogen and oxygen atoms in total. The summed E-state index contributed by atoms with van der Waals surface area (Å²) in [6, 6.07) is 13.6. The highest BCUT2D eigenvalue weighted by Crippen LogP contribution is 2.24. The molecule has 1 saturated heterocycles. The fraction of sp³-hybridized carbons (Fsp3) is 0.385. The number of amides is 2. The van der Waals surface area contributed by atoms with Crippen LogP contribution in [0, 0.1) is 0 Å². The summed E-state index contributed by atoms with van der Waals surface area (Å²) in [4.78, 5) is 29.5. The second-order valence-corrected chi connectivity index (χ2v) is 9.63. The number of nitrogens with zero attached hydrogens (tertiary/aromatic N) is 2. The zero-order chi connectivity index (χ0) is 24.8. The van der Waals surface area contributed by atoms with Gasteiger partial charge in [0.25, 0.3) is 0 Å². The molecule has 9 heteroatoms. The first-order valence-corrected chi connectivity index (χ1v) is 11.8. The van der Waals surface area contributed by atoms with E-state index in [1.807, 2.05) is 20.8 Å². The van der Waals surface area contributed by atoms with Crippen molar-refractivity contribution in [3.63, 3.8) is 0 Å². The number of pyridine rings is 1. The minimum absolute atomic E-state index is 0.0973. The van der Waals surface area contributed by atoms with Gasteiger partial charge in [-0.25, -0.2) is 9.78 Å². The van der Waals surface area contributed by atoms with Gasteiger partial charge in [0.1, 0.15) is 17.6 Å². The average molecular weight is 478 g/mol. The largest absolute Gasteiger partial charge is 0.474 e. The van der Waals surface area contributed by atoms with Gasteiger partial charge in [0.15, 0.2) is 11.6 Å². The average Bonchev–Trinajstić information content (AvgIpc) is 3.30. The number of benzene rings is 1. The summed E-state index contributed by atoms with van der Waals surface area (Å²) in [7, 11) is 0. The summed E-state index contributed by atoms with van der Waals surface area (Å²) in [5.41, 5.74) is 1.58. The molecular weight excluding hydrogens is 446 g/mol. The van der Waals surface area contributed by atoms with E-state index in [0.717, 1.165) is 31.5 Å². The third-order valence-corrected chi connectivity index (χ3v) is 5.65. The van der Waals surface area contributed by atoms with E-state index >= 15 is 0 Å². The van der Waals surface area contributed by atoms with Crippen molar-refractivity contribution in [2.75, 3.05) is 23.7 Å². The minimum Gasteiger partial charge on any atom is -0.474 e. The number of nitrogens with one attached hydrogen (secondary N) is 3. The summed E-state index contributed by atoms with van der Waals surface area (Å²) in [6.07, 6.45) is 2.17. The summed E-state index contributed by atoms with van der Waals surface area (Å²) in [5, 5.41) is 12.6. The standard InChI is InChI=1S/C26H31N5O4/c1-26(2,3)22-16-23(31-35-22)30-25(33)28-18-9-7-17(8-10-18)15-21(32)20-5-4-6-24(29-20)34-19-11-13-27-14-12-19/h4-10,16,19,27H,11-15H2,1-3H3,(H2,28,30,31,33). The topological polar surface area (TPSA) is 118 Å². The molecule has 0 spiro atoms. The molecule has 1 aliphatic heterocycles. The number of hydrogen-bond donors (Lipinski definition) is 3. The summed E-state index contributed by atoms with van der Waals surface area (Å²) >= 11 is 0. The number of anilines is 2. The Morgan fingerprint density at radius 1 is 1.09 bits per heavy atom. The maximum absolute atomic E-state index is 12.8. The van der Waals surface area contributed by atoms with Crippen molar-refractivity contribution in [1.29, 1.82) is 0 Å². The monoisotopic (exact) mass is 477 g/mol. The van der Waals surface area contributed by atoms with Crippen LogP contribution in [0.25, 0.3) is 0 Å². The first-order valence-electron chi connectivity index (χ1n) is 11.8. The number of carbonyl (C=O) groups excluding carboxylic acids is 2.